The molecule has 3 rings (SSSR count). The van der Waals surface area contributed by atoms with Gasteiger partial charge in [0.05, 0.1) is 16.7 Å². The number of anilines is 1. The Morgan fingerprint density at radius 2 is 2.22 bits per heavy atom. The van der Waals surface area contributed by atoms with Crippen molar-refractivity contribution in [3.8, 4) is 6.07 Å². The Bertz CT molecular complexity index is 945. The summed E-state index contributed by atoms with van der Waals surface area (Å²) in [4.78, 5) is 23.6. The van der Waals surface area contributed by atoms with E-state index in [0.29, 0.717) is 16.1 Å². The summed E-state index contributed by atoms with van der Waals surface area (Å²) in [6.07, 6.45) is 5.43. The maximum atomic E-state index is 12.1. The maximum Gasteiger partial charge on any atom is 0.270 e. The van der Waals surface area contributed by atoms with E-state index in [9.17, 15) is 20.2 Å². The summed E-state index contributed by atoms with van der Waals surface area (Å²) in [6.45, 7) is -0.0706. The number of nitro benzene ring substituents is 1. The summed E-state index contributed by atoms with van der Waals surface area (Å²) < 4.78 is 0. The fraction of sp³-hybridized carbons (Fsp3) is 0.278. The van der Waals surface area contributed by atoms with Gasteiger partial charge in [-0.15, -0.1) is 11.3 Å². The predicted octanol–water partition coefficient (Wildman–Crippen LogP) is 2.97. The number of hydrogen-bond acceptors (Lipinski definition) is 7. The normalized spacial score (nSPS) is 13.0. The first-order chi connectivity index (χ1) is 13.1. The van der Waals surface area contributed by atoms with Crippen molar-refractivity contribution in [2.75, 3.05) is 11.9 Å². The Kier molecular flexibility index (Phi) is 5.78. The molecule has 8 nitrogen and oxygen atoms in total. The molecule has 1 aromatic heterocycles. The van der Waals surface area contributed by atoms with Crippen molar-refractivity contribution in [1.82, 2.24) is 5.43 Å². The number of rotatable bonds is 6. The van der Waals surface area contributed by atoms with Crippen molar-refractivity contribution in [2.45, 2.75) is 25.7 Å². The molecule has 1 aliphatic carbocycles. The lowest BCUT2D eigenvalue weighted by atomic mass is 9.96. The molecule has 0 aliphatic heterocycles. The maximum absolute atomic E-state index is 12.1. The van der Waals surface area contributed by atoms with Crippen LogP contribution in [0.15, 0.2) is 29.4 Å². The average molecular weight is 383 g/mol. The minimum atomic E-state index is -0.481. The molecule has 138 valence electrons. The summed E-state index contributed by atoms with van der Waals surface area (Å²) in [5, 5.41) is 27.4. The highest BCUT2D eigenvalue weighted by Crippen LogP contribution is 2.37. The van der Waals surface area contributed by atoms with Crippen LogP contribution in [0.4, 0.5) is 10.7 Å². The number of nitriles is 1. The molecule has 1 aliphatic rings. The molecular weight excluding hydrogens is 366 g/mol. The van der Waals surface area contributed by atoms with Crippen molar-refractivity contribution in [3.05, 3.63) is 55.9 Å². The number of amides is 1. The molecule has 9 heteroatoms. The highest BCUT2D eigenvalue weighted by Gasteiger charge is 2.21. The largest absolute Gasteiger partial charge is 0.315 e. The van der Waals surface area contributed by atoms with Crippen LogP contribution in [0.5, 0.6) is 0 Å². The summed E-state index contributed by atoms with van der Waals surface area (Å²) in [5.74, 6) is -0.304. The number of carbonyl (C=O) groups excluding carboxylic acids is 1. The van der Waals surface area contributed by atoms with Crippen LogP contribution in [0.25, 0.3) is 0 Å². The van der Waals surface area contributed by atoms with Gasteiger partial charge in [-0.3, -0.25) is 14.9 Å². The van der Waals surface area contributed by atoms with E-state index >= 15 is 0 Å². The standard InChI is InChI=1S/C18H17N5O3S/c19-9-15-14-6-1-2-7-16(14)27-18(15)22-17(24)11-21-20-10-12-4-3-5-13(8-12)23(25)26/h3-5,8,10,21H,1-2,6-7,11H2,(H,22,24)/b20-10+. The van der Waals surface area contributed by atoms with Crippen LogP contribution in [0.2, 0.25) is 0 Å². The molecule has 0 saturated carbocycles. The molecule has 2 aromatic rings. The van der Waals surface area contributed by atoms with Crippen molar-refractivity contribution < 1.29 is 9.72 Å². The van der Waals surface area contributed by atoms with Crippen LogP contribution in [-0.2, 0) is 17.6 Å². The summed E-state index contributed by atoms with van der Waals surface area (Å²) >= 11 is 1.47. The second-order valence-electron chi connectivity index (χ2n) is 6.02. The third-order valence-corrected chi connectivity index (χ3v) is 5.37. The van der Waals surface area contributed by atoms with Gasteiger partial charge in [-0.2, -0.15) is 10.4 Å². The van der Waals surface area contributed by atoms with E-state index in [-0.39, 0.29) is 18.1 Å². The smallest absolute Gasteiger partial charge is 0.270 e. The highest BCUT2D eigenvalue weighted by atomic mass is 32.1. The van der Waals surface area contributed by atoms with Crippen molar-refractivity contribution in [3.63, 3.8) is 0 Å². The third kappa shape index (κ3) is 4.48. The van der Waals surface area contributed by atoms with E-state index in [0.717, 1.165) is 31.2 Å². The molecule has 0 unspecified atom stereocenters. The summed E-state index contributed by atoms with van der Waals surface area (Å²) in [6, 6.07) is 8.22. The molecule has 2 N–H and O–H groups in total. The molecule has 1 amide bonds. The Balaban J connectivity index is 1.56. The number of non-ortho nitro benzene ring substituents is 1. The lowest BCUT2D eigenvalue weighted by Gasteiger charge is -2.09. The first kappa shape index (κ1) is 18.5. The molecule has 27 heavy (non-hydrogen) atoms. The zero-order chi connectivity index (χ0) is 19.2. The number of nitro groups is 1. The molecule has 0 bridgehead atoms. The van der Waals surface area contributed by atoms with Gasteiger partial charge in [0.25, 0.3) is 5.69 Å². The SMILES string of the molecule is N#Cc1c(NC(=O)CN/N=C/c2cccc([N+](=O)[O-])c2)sc2c1CCCC2. The Morgan fingerprint density at radius 1 is 1.41 bits per heavy atom. The average Bonchev–Trinajstić information content (AvgIpc) is 3.02. The number of hydrazone groups is 1. The number of aryl methyl sites for hydroxylation is 1. The number of benzene rings is 1. The van der Waals surface area contributed by atoms with Crippen molar-refractivity contribution in [1.29, 1.82) is 5.26 Å². The van der Waals surface area contributed by atoms with E-state index in [4.69, 9.17) is 0 Å². The fourth-order valence-corrected chi connectivity index (χ4v) is 4.16. The third-order valence-electron chi connectivity index (χ3n) is 4.16. The molecule has 0 radical (unpaired) electrons. The van der Waals surface area contributed by atoms with E-state index in [1.165, 1.54) is 34.6 Å². The monoisotopic (exact) mass is 383 g/mol. The summed E-state index contributed by atoms with van der Waals surface area (Å²) in [5.41, 5.74) is 4.78. The predicted molar refractivity (Wildman–Crippen MR) is 103 cm³/mol. The fourth-order valence-electron chi connectivity index (χ4n) is 2.90. The van der Waals surface area contributed by atoms with E-state index in [1.54, 1.807) is 12.1 Å². The van der Waals surface area contributed by atoms with Gasteiger partial charge in [-0.1, -0.05) is 12.1 Å². The van der Waals surface area contributed by atoms with Gasteiger partial charge in [0.2, 0.25) is 5.91 Å². The minimum Gasteiger partial charge on any atom is -0.315 e. The van der Waals surface area contributed by atoms with Crippen LogP contribution >= 0.6 is 11.3 Å². The lowest BCUT2D eigenvalue weighted by Crippen LogP contribution is -2.24. The van der Waals surface area contributed by atoms with Crippen LogP contribution in [0.1, 0.15) is 34.4 Å². The summed E-state index contributed by atoms with van der Waals surface area (Å²) in [7, 11) is 0. The number of hydrogen-bond donors (Lipinski definition) is 2. The molecule has 0 fully saturated rings. The zero-order valence-corrected chi connectivity index (χ0v) is 15.2. The minimum absolute atomic E-state index is 0.0256. The van der Waals surface area contributed by atoms with Gasteiger partial charge in [0, 0.05) is 22.6 Å². The van der Waals surface area contributed by atoms with E-state index < -0.39 is 4.92 Å². The van der Waals surface area contributed by atoms with Crippen LogP contribution < -0.4 is 10.7 Å². The quantitative estimate of drug-likeness (QED) is 0.451. The van der Waals surface area contributed by atoms with Gasteiger partial charge in [-0.05, 0) is 31.2 Å². The molecule has 1 aromatic carbocycles. The Labute approximate surface area is 159 Å². The number of nitrogens with zero attached hydrogens (tertiary/aromatic N) is 3. The molecule has 0 atom stereocenters. The number of thiophene rings is 1. The second-order valence-corrected chi connectivity index (χ2v) is 7.13. The zero-order valence-electron chi connectivity index (χ0n) is 14.4. The molecule has 0 spiro atoms. The van der Waals surface area contributed by atoms with Gasteiger partial charge >= 0.3 is 0 Å². The van der Waals surface area contributed by atoms with Gasteiger partial charge < -0.3 is 10.7 Å². The van der Waals surface area contributed by atoms with Crippen LogP contribution in [0.3, 0.4) is 0 Å². The van der Waals surface area contributed by atoms with Gasteiger partial charge in [0.15, 0.2) is 0 Å². The number of carbonyl (C=O) groups is 1. The highest BCUT2D eigenvalue weighted by molar-refractivity contribution is 7.16. The Morgan fingerprint density at radius 3 is 3.00 bits per heavy atom. The topological polar surface area (TPSA) is 120 Å². The lowest BCUT2D eigenvalue weighted by molar-refractivity contribution is -0.384. The molecule has 0 saturated heterocycles. The van der Waals surface area contributed by atoms with Crippen LogP contribution in [-0.4, -0.2) is 23.6 Å². The van der Waals surface area contributed by atoms with Crippen molar-refractivity contribution >= 4 is 34.1 Å². The van der Waals surface area contributed by atoms with Gasteiger partial charge in [-0.25, -0.2) is 0 Å². The van der Waals surface area contributed by atoms with Crippen LogP contribution in [0, 0.1) is 21.4 Å². The van der Waals surface area contributed by atoms with Crippen molar-refractivity contribution in [2.24, 2.45) is 5.10 Å². The molecular formula is C18H17N5O3S. The number of nitrogens with one attached hydrogen (secondary N) is 2. The number of fused-ring (bicyclic) bond motifs is 1. The van der Waals surface area contributed by atoms with Gasteiger partial charge in [0.1, 0.15) is 17.6 Å². The first-order valence-corrected chi connectivity index (χ1v) is 9.25. The second kappa shape index (κ2) is 8.42. The van der Waals surface area contributed by atoms with E-state index in [1.807, 2.05) is 0 Å². The molecule has 1 heterocycles. The van der Waals surface area contributed by atoms with E-state index in [2.05, 4.69) is 21.9 Å². The first-order valence-electron chi connectivity index (χ1n) is 8.43. The Hall–Kier alpha value is -3.25.